The number of hydrogen-bond acceptors (Lipinski definition) is 6. The van der Waals surface area contributed by atoms with E-state index >= 15 is 0 Å². The highest BCUT2D eigenvalue weighted by Gasteiger charge is 2.08. The Morgan fingerprint density at radius 1 is 1.12 bits per heavy atom. The van der Waals surface area contributed by atoms with Crippen LogP contribution in [0.1, 0.15) is 0 Å². The predicted molar refractivity (Wildman–Crippen MR) is 64.6 cm³/mol. The van der Waals surface area contributed by atoms with Gasteiger partial charge < -0.3 is 10.2 Å². The lowest BCUT2D eigenvalue weighted by molar-refractivity contribution is 0.489. The van der Waals surface area contributed by atoms with Gasteiger partial charge in [-0.2, -0.15) is 0 Å². The minimum Gasteiger partial charge on any atom is -0.431 e. The number of benzene rings is 1. The van der Waals surface area contributed by atoms with Crippen LogP contribution in [0.25, 0.3) is 11.1 Å². The third-order valence-electron chi connectivity index (χ3n) is 2.10. The molecule has 6 heteroatoms. The third-order valence-corrected chi connectivity index (χ3v) is 2.85. The molecule has 0 saturated carbocycles. The Bertz CT molecular complexity index is 634. The lowest BCUT2D eigenvalue weighted by atomic mass is 10.3. The van der Waals surface area contributed by atoms with E-state index in [1.165, 1.54) is 18.0 Å². The summed E-state index contributed by atoms with van der Waals surface area (Å²) in [7, 11) is 0. The molecule has 0 unspecified atom stereocenters. The zero-order valence-electron chi connectivity index (χ0n) is 8.70. The molecule has 0 saturated heterocycles. The van der Waals surface area contributed by atoms with Crippen LogP contribution in [0.4, 0.5) is 5.82 Å². The summed E-state index contributed by atoms with van der Waals surface area (Å²) >= 11 is 1.30. The molecule has 84 valence electrons. The molecule has 0 atom stereocenters. The number of oxazole rings is 1. The molecule has 0 spiro atoms. The maximum Gasteiger partial charge on any atom is 0.263 e. The van der Waals surface area contributed by atoms with E-state index in [0.29, 0.717) is 16.1 Å². The van der Waals surface area contributed by atoms with E-state index in [4.69, 9.17) is 10.2 Å². The molecule has 3 rings (SSSR count). The van der Waals surface area contributed by atoms with Crippen molar-refractivity contribution in [3.05, 3.63) is 36.7 Å². The van der Waals surface area contributed by atoms with Gasteiger partial charge in [-0.15, -0.1) is 0 Å². The fourth-order valence-electron chi connectivity index (χ4n) is 1.40. The van der Waals surface area contributed by atoms with E-state index < -0.39 is 0 Å². The van der Waals surface area contributed by atoms with Crippen molar-refractivity contribution >= 4 is 28.7 Å². The summed E-state index contributed by atoms with van der Waals surface area (Å²) in [5, 5.41) is 1.20. The van der Waals surface area contributed by atoms with Crippen LogP contribution in [0.3, 0.4) is 0 Å². The molecular formula is C11H8N4OS. The Morgan fingerprint density at radius 3 is 2.82 bits per heavy atom. The van der Waals surface area contributed by atoms with E-state index in [0.717, 1.165) is 11.1 Å². The highest BCUT2D eigenvalue weighted by atomic mass is 32.2. The SMILES string of the molecule is Nc1cncc(Sc2nc3ccccc3o2)n1. The lowest BCUT2D eigenvalue weighted by Gasteiger charge is -1.95. The summed E-state index contributed by atoms with van der Waals surface area (Å²) in [5.41, 5.74) is 7.13. The number of aromatic nitrogens is 3. The third kappa shape index (κ3) is 2.07. The summed E-state index contributed by atoms with van der Waals surface area (Å²) in [6.45, 7) is 0. The minimum absolute atomic E-state index is 0.381. The van der Waals surface area contributed by atoms with Gasteiger partial charge in [0, 0.05) is 0 Å². The molecule has 0 aliphatic carbocycles. The standard InChI is InChI=1S/C11H8N4OS/c12-9-5-13-6-10(15-9)17-11-14-7-3-1-2-4-8(7)16-11/h1-6H,(H2,12,15). The second kappa shape index (κ2) is 4.06. The normalized spacial score (nSPS) is 10.8. The average molecular weight is 244 g/mol. The van der Waals surface area contributed by atoms with Crippen molar-refractivity contribution in [2.24, 2.45) is 0 Å². The zero-order chi connectivity index (χ0) is 11.7. The molecule has 3 aromatic rings. The predicted octanol–water partition coefficient (Wildman–Crippen LogP) is 2.35. The first-order valence-corrected chi connectivity index (χ1v) is 5.74. The van der Waals surface area contributed by atoms with Gasteiger partial charge in [-0.1, -0.05) is 12.1 Å². The van der Waals surface area contributed by atoms with Crippen LogP contribution in [0.5, 0.6) is 0 Å². The smallest absolute Gasteiger partial charge is 0.263 e. The first-order chi connectivity index (χ1) is 8.31. The molecule has 0 amide bonds. The largest absolute Gasteiger partial charge is 0.431 e. The number of rotatable bonds is 2. The Morgan fingerprint density at radius 2 is 2.00 bits per heavy atom. The number of nitrogens with two attached hydrogens (primary N) is 1. The minimum atomic E-state index is 0.381. The summed E-state index contributed by atoms with van der Waals surface area (Å²) in [6, 6.07) is 7.59. The van der Waals surface area contributed by atoms with Crippen molar-refractivity contribution in [1.82, 2.24) is 15.0 Å². The maximum atomic E-state index is 5.56. The van der Waals surface area contributed by atoms with Crippen LogP contribution in [0, 0.1) is 0 Å². The van der Waals surface area contributed by atoms with Crippen molar-refractivity contribution in [2.75, 3.05) is 5.73 Å². The van der Waals surface area contributed by atoms with Gasteiger partial charge in [0.15, 0.2) is 5.58 Å². The number of nitrogen functional groups attached to an aromatic ring is 1. The molecule has 5 nitrogen and oxygen atoms in total. The van der Waals surface area contributed by atoms with Crippen LogP contribution in [-0.2, 0) is 0 Å². The number of nitrogens with zero attached hydrogens (tertiary/aromatic N) is 3. The molecule has 17 heavy (non-hydrogen) atoms. The average Bonchev–Trinajstić information content (AvgIpc) is 2.71. The molecule has 2 aromatic heterocycles. The van der Waals surface area contributed by atoms with E-state index in [9.17, 15) is 0 Å². The second-order valence-electron chi connectivity index (χ2n) is 3.33. The van der Waals surface area contributed by atoms with Crippen molar-refractivity contribution in [3.8, 4) is 0 Å². The van der Waals surface area contributed by atoms with Gasteiger partial charge in [-0.3, -0.25) is 4.98 Å². The first kappa shape index (κ1) is 10.1. The number of anilines is 1. The number of hydrogen-bond donors (Lipinski definition) is 1. The van der Waals surface area contributed by atoms with Gasteiger partial charge in [-0.25, -0.2) is 9.97 Å². The first-order valence-electron chi connectivity index (χ1n) is 4.92. The van der Waals surface area contributed by atoms with E-state index in [-0.39, 0.29) is 0 Å². The van der Waals surface area contributed by atoms with Crippen molar-refractivity contribution in [3.63, 3.8) is 0 Å². The van der Waals surface area contributed by atoms with E-state index in [2.05, 4.69) is 15.0 Å². The number of para-hydroxylation sites is 2. The highest BCUT2D eigenvalue weighted by Crippen LogP contribution is 2.28. The summed E-state index contributed by atoms with van der Waals surface area (Å²) < 4.78 is 5.56. The van der Waals surface area contributed by atoms with Crippen LogP contribution in [0.2, 0.25) is 0 Å². The van der Waals surface area contributed by atoms with Crippen LogP contribution in [-0.4, -0.2) is 15.0 Å². The van der Waals surface area contributed by atoms with Gasteiger partial charge in [0.05, 0.1) is 12.4 Å². The molecular weight excluding hydrogens is 236 g/mol. The van der Waals surface area contributed by atoms with Crippen LogP contribution in [0.15, 0.2) is 51.3 Å². The van der Waals surface area contributed by atoms with Gasteiger partial charge in [-0.05, 0) is 23.9 Å². The number of fused-ring (bicyclic) bond motifs is 1. The van der Waals surface area contributed by atoms with Gasteiger partial charge in [0.25, 0.3) is 5.22 Å². The Hall–Kier alpha value is -2.08. The quantitative estimate of drug-likeness (QED) is 0.745. The molecule has 0 bridgehead atoms. The van der Waals surface area contributed by atoms with E-state index in [1.54, 1.807) is 6.20 Å². The Labute approximate surface area is 101 Å². The van der Waals surface area contributed by atoms with Gasteiger partial charge in [0.1, 0.15) is 16.4 Å². The Kier molecular flexibility index (Phi) is 2.41. The monoisotopic (exact) mass is 244 g/mol. The second-order valence-corrected chi connectivity index (χ2v) is 4.30. The maximum absolute atomic E-state index is 5.56. The summed E-state index contributed by atoms with van der Waals surface area (Å²) in [4.78, 5) is 12.4. The molecule has 0 fully saturated rings. The molecule has 0 aliphatic heterocycles. The summed E-state index contributed by atoms with van der Waals surface area (Å²) in [6.07, 6.45) is 3.12. The molecule has 0 radical (unpaired) electrons. The van der Waals surface area contributed by atoms with Gasteiger partial charge in [0.2, 0.25) is 0 Å². The van der Waals surface area contributed by atoms with Crippen LogP contribution < -0.4 is 5.73 Å². The fraction of sp³-hybridized carbons (Fsp3) is 0. The fourth-order valence-corrected chi connectivity index (χ4v) is 2.11. The van der Waals surface area contributed by atoms with Crippen molar-refractivity contribution in [2.45, 2.75) is 10.2 Å². The molecule has 1 aromatic carbocycles. The summed E-state index contributed by atoms with van der Waals surface area (Å²) in [5.74, 6) is 0.381. The Balaban J connectivity index is 1.94. The highest BCUT2D eigenvalue weighted by molar-refractivity contribution is 7.99. The lowest BCUT2D eigenvalue weighted by Crippen LogP contribution is -1.92. The molecule has 2 N–H and O–H groups in total. The van der Waals surface area contributed by atoms with Gasteiger partial charge >= 0.3 is 0 Å². The molecule has 0 aliphatic rings. The van der Waals surface area contributed by atoms with Crippen molar-refractivity contribution < 1.29 is 4.42 Å². The zero-order valence-corrected chi connectivity index (χ0v) is 9.52. The van der Waals surface area contributed by atoms with Crippen LogP contribution >= 0.6 is 11.8 Å². The topological polar surface area (TPSA) is 77.8 Å². The van der Waals surface area contributed by atoms with E-state index in [1.807, 2.05) is 24.3 Å². The molecule has 2 heterocycles. The van der Waals surface area contributed by atoms with Crippen molar-refractivity contribution in [1.29, 1.82) is 0 Å².